The number of carbonyl (C=O) groups is 2. The van der Waals surface area contributed by atoms with Gasteiger partial charge < -0.3 is 14.2 Å². The van der Waals surface area contributed by atoms with Gasteiger partial charge in [0.15, 0.2) is 18.1 Å². The number of hydrogen-bond acceptors (Lipinski definition) is 8. The van der Waals surface area contributed by atoms with Crippen molar-refractivity contribution < 1.29 is 28.7 Å². The molecule has 0 unspecified atom stereocenters. The summed E-state index contributed by atoms with van der Waals surface area (Å²) in [5.74, 6) is -0.415. The lowest BCUT2D eigenvalue weighted by Gasteiger charge is -2.12. The molecular formula is C19H18BrN3O7. The van der Waals surface area contributed by atoms with Crippen LogP contribution in [0.5, 0.6) is 11.5 Å². The van der Waals surface area contributed by atoms with Gasteiger partial charge in [-0.2, -0.15) is 5.10 Å². The minimum absolute atomic E-state index is 0.132. The van der Waals surface area contributed by atoms with Gasteiger partial charge in [0.2, 0.25) is 5.91 Å². The minimum atomic E-state index is -0.545. The number of nitrogens with one attached hydrogen (secondary N) is 1. The molecule has 158 valence electrons. The van der Waals surface area contributed by atoms with Crippen molar-refractivity contribution in [3.05, 3.63) is 62.1 Å². The van der Waals surface area contributed by atoms with E-state index in [9.17, 15) is 19.7 Å². The number of halogens is 1. The van der Waals surface area contributed by atoms with Gasteiger partial charge in [-0.3, -0.25) is 14.9 Å². The van der Waals surface area contributed by atoms with E-state index in [0.29, 0.717) is 21.5 Å². The maximum atomic E-state index is 12.1. The van der Waals surface area contributed by atoms with Gasteiger partial charge in [0.1, 0.15) is 0 Å². The van der Waals surface area contributed by atoms with Crippen molar-refractivity contribution in [2.24, 2.45) is 5.10 Å². The highest BCUT2D eigenvalue weighted by Gasteiger charge is 2.15. The molecular weight excluding hydrogens is 462 g/mol. The Morgan fingerprint density at radius 3 is 2.67 bits per heavy atom. The van der Waals surface area contributed by atoms with Crippen LogP contribution in [0.2, 0.25) is 0 Å². The van der Waals surface area contributed by atoms with Gasteiger partial charge in [-0.1, -0.05) is 18.2 Å². The molecule has 0 bridgehead atoms. The lowest BCUT2D eigenvalue weighted by Crippen LogP contribution is -2.20. The highest BCUT2D eigenvalue weighted by Crippen LogP contribution is 2.36. The van der Waals surface area contributed by atoms with Crippen LogP contribution < -0.4 is 14.9 Å². The highest BCUT2D eigenvalue weighted by molar-refractivity contribution is 9.10. The third kappa shape index (κ3) is 6.27. The maximum Gasteiger partial charge on any atom is 0.343 e. The third-order valence-corrected chi connectivity index (χ3v) is 4.35. The number of amides is 1. The average molecular weight is 480 g/mol. The van der Waals surface area contributed by atoms with Crippen LogP contribution in [0.3, 0.4) is 0 Å². The first kappa shape index (κ1) is 22.8. The molecule has 2 rings (SSSR count). The van der Waals surface area contributed by atoms with Crippen LogP contribution in [0, 0.1) is 10.1 Å². The Bertz CT molecular complexity index is 979. The van der Waals surface area contributed by atoms with Gasteiger partial charge in [0.25, 0.3) is 5.69 Å². The summed E-state index contributed by atoms with van der Waals surface area (Å²) < 4.78 is 15.7. The first-order chi connectivity index (χ1) is 14.3. The molecule has 0 aliphatic rings. The zero-order valence-electron chi connectivity index (χ0n) is 16.1. The average Bonchev–Trinajstić information content (AvgIpc) is 2.72. The molecule has 1 amide bonds. The predicted octanol–water partition coefficient (Wildman–Crippen LogP) is 2.61. The Hall–Kier alpha value is -3.47. The lowest BCUT2D eigenvalue weighted by atomic mass is 10.1. The second-order valence-corrected chi connectivity index (χ2v) is 6.61. The first-order valence-corrected chi connectivity index (χ1v) is 9.26. The Kier molecular flexibility index (Phi) is 8.29. The molecule has 0 radical (unpaired) electrons. The molecule has 2 aromatic rings. The summed E-state index contributed by atoms with van der Waals surface area (Å²) in [4.78, 5) is 33.8. The van der Waals surface area contributed by atoms with Gasteiger partial charge >= 0.3 is 5.97 Å². The molecule has 0 saturated heterocycles. The monoisotopic (exact) mass is 479 g/mol. The van der Waals surface area contributed by atoms with Crippen molar-refractivity contribution in [2.45, 2.75) is 6.42 Å². The van der Waals surface area contributed by atoms with Crippen LogP contribution in [-0.4, -0.2) is 43.8 Å². The molecule has 2 aromatic carbocycles. The number of benzene rings is 2. The first-order valence-electron chi connectivity index (χ1n) is 8.47. The topological polar surface area (TPSA) is 129 Å². The molecule has 1 N–H and O–H groups in total. The van der Waals surface area contributed by atoms with E-state index in [4.69, 9.17) is 9.47 Å². The largest absolute Gasteiger partial charge is 0.493 e. The molecule has 0 saturated carbocycles. The number of methoxy groups -OCH3 is 2. The number of carbonyl (C=O) groups excluding carboxylic acids is 2. The molecule has 0 aliphatic carbocycles. The van der Waals surface area contributed by atoms with E-state index in [1.165, 1.54) is 38.6 Å². The number of nitro groups is 1. The second-order valence-electron chi connectivity index (χ2n) is 5.75. The van der Waals surface area contributed by atoms with E-state index in [2.05, 4.69) is 31.2 Å². The van der Waals surface area contributed by atoms with E-state index >= 15 is 0 Å². The number of ether oxygens (including phenoxy) is 3. The summed E-state index contributed by atoms with van der Waals surface area (Å²) in [6.45, 7) is -0.291. The summed E-state index contributed by atoms with van der Waals surface area (Å²) >= 11 is 3.33. The van der Waals surface area contributed by atoms with Crippen molar-refractivity contribution in [3.63, 3.8) is 0 Å². The van der Waals surface area contributed by atoms with E-state index in [1.807, 2.05) is 0 Å². The zero-order chi connectivity index (χ0) is 22.1. The van der Waals surface area contributed by atoms with Crippen LogP contribution >= 0.6 is 15.9 Å². The van der Waals surface area contributed by atoms with Gasteiger partial charge in [-0.05, 0) is 33.6 Å². The fourth-order valence-corrected chi connectivity index (χ4v) is 2.95. The van der Waals surface area contributed by atoms with E-state index in [-0.39, 0.29) is 24.3 Å². The number of hydrogen-bond donors (Lipinski definition) is 1. The van der Waals surface area contributed by atoms with Gasteiger partial charge in [0.05, 0.1) is 36.3 Å². The van der Waals surface area contributed by atoms with E-state index in [1.54, 1.807) is 18.2 Å². The number of para-hydroxylation sites is 1. The third-order valence-electron chi connectivity index (χ3n) is 3.76. The van der Waals surface area contributed by atoms with Crippen molar-refractivity contribution >= 4 is 39.7 Å². The number of nitrogens with zero attached hydrogens (tertiary/aromatic N) is 2. The molecule has 0 heterocycles. The van der Waals surface area contributed by atoms with Crippen molar-refractivity contribution in [1.29, 1.82) is 0 Å². The molecule has 11 heteroatoms. The van der Waals surface area contributed by atoms with Gasteiger partial charge in [-0.15, -0.1) is 0 Å². The molecule has 0 spiro atoms. The standard InChI is InChI=1S/C19H18BrN3O7/c1-28-16-8-12(7-14(20)19(16)30-11-18(25)29-2)10-21-22-17(24)9-13-5-3-4-6-15(13)23(26)27/h3-8,10H,9,11H2,1-2H3,(H,22,24)/b21-10+. The number of rotatable bonds is 9. The molecule has 0 atom stereocenters. The summed E-state index contributed by atoms with van der Waals surface area (Å²) in [5, 5.41) is 14.9. The van der Waals surface area contributed by atoms with Crippen LogP contribution in [0.1, 0.15) is 11.1 Å². The van der Waals surface area contributed by atoms with Crippen LogP contribution in [0.4, 0.5) is 5.69 Å². The van der Waals surface area contributed by atoms with Gasteiger partial charge in [-0.25, -0.2) is 10.2 Å². The molecule has 30 heavy (non-hydrogen) atoms. The number of nitro benzene ring substituents is 1. The van der Waals surface area contributed by atoms with Gasteiger partial charge in [0, 0.05) is 11.6 Å². The molecule has 10 nitrogen and oxygen atoms in total. The smallest absolute Gasteiger partial charge is 0.343 e. The van der Waals surface area contributed by atoms with E-state index in [0.717, 1.165) is 0 Å². The normalized spacial score (nSPS) is 10.5. The molecule has 0 fully saturated rings. The molecule has 0 aliphatic heterocycles. The van der Waals surface area contributed by atoms with Crippen LogP contribution in [0.25, 0.3) is 0 Å². The Morgan fingerprint density at radius 2 is 2.00 bits per heavy atom. The SMILES string of the molecule is COC(=O)COc1c(Br)cc(/C=N/NC(=O)Cc2ccccc2[N+](=O)[O-])cc1OC. The summed E-state index contributed by atoms with van der Waals surface area (Å²) in [5.41, 5.74) is 3.04. The maximum absolute atomic E-state index is 12.1. The Morgan fingerprint density at radius 1 is 1.27 bits per heavy atom. The highest BCUT2D eigenvalue weighted by atomic mass is 79.9. The summed E-state index contributed by atoms with van der Waals surface area (Å²) in [6, 6.07) is 9.23. The predicted molar refractivity (Wildman–Crippen MR) is 111 cm³/mol. The second kappa shape index (κ2) is 10.9. The summed E-state index contributed by atoms with van der Waals surface area (Å²) in [6.07, 6.45) is 1.18. The number of esters is 1. The zero-order valence-corrected chi connectivity index (χ0v) is 17.7. The Balaban J connectivity index is 2.05. The van der Waals surface area contributed by atoms with Crippen molar-refractivity contribution in [1.82, 2.24) is 5.43 Å². The molecule has 0 aromatic heterocycles. The fourth-order valence-electron chi connectivity index (χ4n) is 2.37. The van der Waals surface area contributed by atoms with Crippen LogP contribution in [-0.2, 0) is 20.7 Å². The lowest BCUT2D eigenvalue weighted by molar-refractivity contribution is -0.385. The quantitative estimate of drug-likeness (QED) is 0.253. The minimum Gasteiger partial charge on any atom is -0.493 e. The van der Waals surface area contributed by atoms with E-state index < -0.39 is 16.8 Å². The Labute approximate surface area is 180 Å². The number of hydrazone groups is 1. The fraction of sp³-hybridized carbons (Fsp3) is 0.211. The van der Waals surface area contributed by atoms with Crippen molar-refractivity contribution in [3.8, 4) is 11.5 Å². The van der Waals surface area contributed by atoms with Crippen molar-refractivity contribution in [2.75, 3.05) is 20.8 Å². The summed E-state index contributed by atoms with van der Waals surface area (Å²) in [7, 11) is 2.68. The van der Waals surface area contributed by atoms with Crippen LogP contribution in [0.15, 0.2) is 46.0 Å².